The van der Waals surface area contributed by atoms with Gasteiger partial charge in [0, 0.05) is 29.8 Å². The number of rotatable bonds is 3. The number of amides is 1. The summed E-state index contributed by atoms with van der Waals surface area (Å²) in [5.41, 5.74) is 5.01. The molecule has 0 aliphatic carbocycles. The number of hydrogen-bond donors (Lipinski definition) is 0. The first-order valence-corrected chi connectivity index (χ1v) is 10.5. The van der Waals surface area contributed by atoms with Crippen molar-refractivity contribution in [2.24, 2.45) is 0 Å². The molecule has 2 aromatic heterocycles. The zero-order valence-electron chi connectivity index (χ0n) is 17.0. The van der Waals surface area contributed by atoms with Gasteiger partial charge >= 0.3 is 0 Å². The Morgan fingerprint density at radius 1 is 0.933 bits per heavy atom. The van der Waals surface area contributed by atoms with Crippen molar-refractivity contribution in [1.82, 2.24) is 19.5 Å². The lowest BCUT2D eigenvalue weighted by molar-refractivity contribution is 0.0629. The van der Waals surface area contributed by atoms with E-state index in [9.17, 15) is 4.79 Å². The third-order valence-electron chi connectivity index (χ3n) is 5.85. The lowest BCUT2D eigenvalue weighted by Gasteiger charge is -2.32. The van der Waals surface area contributed by atoms with Crippen molar-refractivity contribution in [3.63, 3.8) is 0 Å². The first-order valence-electron chi connectivity index (χ1n) is 10.5. The van der Waals surface area contributed by atoms with Gasteiger partial charge in [0.1, 0.15) is 0 Å². The van der Waals surface area contributed by atoms with Crippen molar-refractivity contribution in [2.45, 2.75) is 32.2 Å². The average molecular weight is 396 g/mol. The highest BCUT2D eigenvalue weighted by Crippen LogP contribution is 2.27. The SMILES string of the molecule is C[C@H]1CCCCN1C(=O)c1cc2nc(-c3ccccc3)cc(-c3ccccc3)n2n1. The molecular formula is C25H24N4O. The fourth-order valence-corrected chi connectivity index (χ4v) is 4.20. The smallest absolute Gasteiger partial charge is 0.274 e. The molecule has 0 spiro atoms. The molecule has 1 atom stereocenters. The maximum atomic E-state index is 13.2. The Kier molecular flexibility index (Phi) is 4.79. The molecule has 2 aromatic carbocycles. The minimum Gasteiger partial charge on any atom is -0.335 e. The predicted octanol–water partition coefficient (Wildman–Crippen LogP) is 5.08. The van der Waals surface area contributed by atoms with E-state index in [-0.39, 0.29) is 11.9 Å². The molecule has 1 amide bonds. The zero-order chi connectivity index (χ0) is 20.5. The fourth-order valence-electron chi connectivity index (χ4n) is 4.20. The summed E-state index contributed by atoms with van der Waals surface area (Å²) in [7, 11) is 0. The van der Waals surface area contributed by atoms with Crippen LogP contribution in [-0.2, 0) is 0 Å². The molecule has 0 bridgehead atoms. The standard InChI is InChI=1S/C25H24N4O/c1-18-10-8-9-15-28(18)25(30)22-17-24-26-21(19-11-4-2-5-12-19)16-23(29(24)27-22)20-13-6-3-7-14-20/h2-7,11-14,16-18H,8-10,15H2,1H3/t18-/m0/s1. The third kappa shape index (κ3) is 3.36. The van der Waals surface area contributed by atoms with Crippen LogP contribution in [0.3, 0.4) is 0 Å². The van der Waals surface area contributed by atoms with E-state index in [0.717, 1.165) is 41.9 Å². The minimum absolute atomic E-state index is 0.00651. The summed E-state index contributed by atoms with van der Waals surface area (Å²) in [6.45, 7) is 2.91. The molecule has 150 valence electrons. The highest BCUT2D eigenvalue weighted by molar-refractivity contribution is 5.94. The fraction of sp³-hybridized carbons (Fsp3) is 0.240. The van der Waals surface area contributed by atoms with Crippen LogP contribution >= 0.6 is 0 Å². The lowest BCUT2D eigenvalue weighted by Crippen LogP contribution is -2.42. The number of nitrogens with zero attached hydrogens (tertiary/aromatic N) is 4. The lowest BCUT2D eigenvalue weighted by atomic mass is 10.0. The molecule has 0 N–H and O–H groups in total. The number of likely N-dealkylation sites (tertiary alicyclic amines) is 1. The van der Waals surface area contributed by atoms with Crippen LogP contribution in [0.25, 0.3) is 28.2 Å². The van der Waals surface area contributed by atoms with E-state index in [2.05, 4.69) is 19.1 Å². The van der Waals surface area contributed by atoms with Crippen LogP contribution < -0.4 is 0 Å². The number of aromatic nitrogens is 3. The molecule has 5 rings (SSSR count). The van der Waals surface area contributed by atoms with Crippen LogP contribution in [-0.4, -0.2) is 38.0 Å². The Morgan fingerprint density at radius 2 is 1.63 bits per heavy atom. The second-order valence-electron chi connectivity index (χ2n) is 7.90. The van der Waals surface area contributed by atoms with Crippen molar-refractivity contribution >= 4 is 11.6 Å². The molecule has 0 radical (unpaired) electrons. The summed E-state index contributed by atoms with van der Waals surface area (Å²) in [4.78, 5) is 20.0. The normalized spacial score (nSPS) is 16.7. The highest BCUT2D eigenvalue weighted by atomic mass is 16.2. The topological polar surface area (TPSA) is 50.5 Å². The monoisotopic (exact) mass is 396 g/mol. The second kappa shape index (κ2) is 7.75. The van der Waals surface area contributed by atoms with Gasteiger partial charge < -0.3 is 4.90 Å². The van der Waals surface area contributed by atoms with Gasteiger partial charge in [-0.25, -0.2) is 9.50 Å². The van der Waals surface area contributed by atoms with Crippen LogP contribution in [0.4, 0.5) is 0 Å². The van der Waals surface area contributed by atoms with Gasteiger partial charge in [0.2, 0.25) is 0 Å². The molecule has 4 aromatic rings. The largest absolute Gasteiger partial charge is 0.335 e. The summed E-state index contributed by atoms with van der Waals surface area (Å²) in [5, 5.41) is 4.70. The molecular weight excluding hydrogens is 372 g/mol. The van der Waals surface area contributed by atoms with Gasteiger partial charge in [0.05, 0.1) is 11.4 Å². The van der Waals surface area contributed by atoms with Crippen LogP contribution in [0, 0.1) is 0 Å². The summed E-state index contributed by atoms with van der Waals surface area (Å²) in [6, 6.07) is 24.3. The van der Waals surface area contributed by atoms with Gasteiger partial charge in [-0.3, -0.25) is 4.79 Å². The number of benzene rings is 2. The van der Waals surface area contributed by atoms with Gasteiger partial charge in [0.15, 0.2) is 11.3 Å². The molecule has 1 fully saturated rings. The Bertz CT molecular complexity index is 1180. The van der Waals surface area contributed by atoms with Crippen LogP contribution in [0.2, 0.25) is 0 Å². The van der Waals surface area contributed by atoms with Crippen LogP contribution in [0.1, 0.15) is 36.7 Å². The molecule has 1 saturated heterocycles. The number of fused-ring (bicyclic) bond motifs is 1. The molecule has 0 saturated carbocycles. The van der Waals surface area contributed by atoms with Crippen molar-refractivity contribution in [2.75, 3.05) is 6.54 Å². The summed E-state index contributed by atoms with van der Waals surface area (Å²) < 4.78 is 1.80. The van der Waals surface area contributed by atoms with E-state index in [0.29, 0.717) is 11.3 Å². The second-order valence-corrected chi connectivity index (χ2v) is 7.90. The third-order valence-corrected chi connectivity index (χ3v) is 5.85. The van der Waals surface area contributed by atoms with E-state index >= 15 is 0 Å². The maximum absolute atomic E-state index is 13.2. The number of carbonyl (C=O) groups excluding carboxylic acids is 1. The number of carbonyl (C=O) groups is 1. The minimum atomic E-state index is -0.00651. The molecule has 0 unspecified atom stereocenters. The average Bonchev–Trinajstić information content (AvgIpc) is 3.24. The first-order chi connectivity index (χ1) is 14.7. The Labute approximate surface area is 176 Å². The van der Waals surface area contributed by atoms with Crippen molar-refractivity contribution in [3.8, 4) is 22.5 Å². The van der Waals surface area contributed by atoms with Crippen LogP contribution in [0.15, 0.2) is 72.8 Å². The Hall–Kier alpha value is -3.47. The van der Waals surface area contributed by atoms with Crippen molar-refractivity contribution in [3.05, 3.63) is 78.5 Å². The molecule has 30 heavy (non-hydrogen) atoms. The van der Waals surface area contributed by atoms with E-state index in [1.807, 2.05) is 65.6 Å². The van der Waals surface area contributed by atoms with Crippen molar-refractivity contribution < 1.29 is 4.79 Å². The maximum Gasteiger partial charge on any atom is 0.274 e. The molecule has 5 heteroatoms. The predicted molar refractivity (Wildman–Crippen MR) is 118 cm³/mol. The molecule has 1 aliphatic rings. The van der Waals surface area contributed by atoms with Gasteiger partial charge in [-0.05, 0) is 32.3 Å². The van der Waals surface area contributed by atoms with Crippen molar-refractivity contribution in [1.29, 1.82) is 0 Å². The Morgan fingerprint density at radius 3 is 2.33 bits per heavy atom. The molecule has 1 aliphatic heterocycles. The van der Waals surface area contributed by atoms with Gasteiger partial charge in [-0.2, -0.15) is 5.10 Å². The van der Waals surface area contributed by atoms with Gasteiger partial charge in [-0.15, -0.1) is 0 Å². The Balaban J connectivity index is 1.65. The van der Waals surface area contributed by atoms with Gasteiger partial charge in [0.25, 0.3) is 5.91 Å². The molecule has 5 nitrogen and oxygen atoms in total. The quantitative estimate of drug-likeness (QED) is 0.485. The van der Waals surface area contributed by atoms with E-state index in [4.69, 9.17) is 10.1 Å². The summed E-state index contributed by atoms with van der Waals surface area (Å²) >= 11 is 0. The zero-order valence-corrected chi connectivity index (χ0v) is 17.0. The van der Waals surface area contributed by atoms with Gasteiger partial charge in [-0.1, -0.05) is 60.7 Å². The summed E-state index contributed by atoms with van der Waals surface area (Å²) in [5.74, 6) is -0.00651. The van der Waals surface area contributed by atoms with E-state index in [1.54, 1.807) is 4.52 Å². The summed E-state index contributed by atoms with van der Waals surface area (Å²) in [6.07, 6.45) is 3.27. The highest BCUT2D eigenvalue weighted by Gasteiger charge is 2.26. The van der Waals surface area contributed by atoms with E-state index in [1.165, 1.54) is 6.42 Å². The number of piperidine rings is 1. The van der Waals surface area contributed by atoms with E-state index < -0.39 is 0 Å². The molecule has 3 heterocycles. The first kappa shape index (κ1) is 18.6. The van der Waals surface area contributed by atoms with Crippen LogP contribution in [0.5, 0.6) is 0 Å². The number of hydrogen-bond acceptors (Lipinski definition) is 3.